The molecule has 222 valence electrons. The van der Waals surface area contributed by atoms with Gasteiger partial charge >= 0.3 is 0 Å². The highest BCUT2D eigenvalue weighted by atomic mass is 19.1. The molecule has 2 aliphatic heterocycles. The van der Waals surface area contributed by atoms with Crippen LogP contribution >= 0.6 is 0 Å². The Kier molecular flexibility index (Phi) is 7.55. The van der Waals surface area contributed by atoms with Crippen molar-refractivity contribution in [2.24, 2.45) is 0 Å². The van der Waals surface area contributed by atoms with Crippen molar-refractivity contribution in [3.63, 3.8) is 0 Å². The molecule has 1 saturated carbocycles. The molecule has 3 aliphatic rings. The minimum Gasteiger partial charge on any atom is -0.476 e. The number of carbonyl (C=O) groups excluding carboxylic acids is 1. The fourth-order valence-corrected chi connectivity index (χ4v) is 6.22. The molecule has 1 aliphatic carbocycles. The van der Waals surface area contributed by atoms with E-state index < -0.39 is 11.9 Å². The molecule has 7 nitrogen and oxygen atoms in total. The summed E-state index contributed by atoms with van der Waals surface area (Å²) in [6.07, 6.45) is 5.18. The lowest BCUT2D eigenvalue weighted by molar-refractivity contribution is -0.126. The molecular weight excluding hydrogens is 536 g/mol. The average Bonchev–Trinajstić information content (AvgIpc) is 3.80. The predicted octanol–water partition coefficient (Wildman–Crippen LogP) is 6.70. The SMILES string of the molecule is CC1Oc2c(F)cc(-c3cc(Nc4ccc(N5CCC(N(C)C)CC5)c(F)c4)ncc3C3CC3)cc2N(C(C)C)C1=O. The van der Waals surface area contributed by atoms with Crippen LogP contribution in [0.5, 0.6) is 5.75 Å². The van der Waals surface area contributed by atoms with Crippen molar-refractivity contribution in [2.75, 3.05) is 42.3 Å². The predicted molar refractivity (Wildman–Crippen MR) is 163 cm³/mol. The van der Waals surface area contributed by atoms with Gasteiger partial charge in [-0.25, -0.2) is 13.8 Å². The van der Waals surface area contributed by atoms with Crippen LogP contribution in [0.25, 0.3) is 11.1 Å². The van der Waals surface area contributed by atoms with Crippen LogP contribution in [0.15, 0.2) is 42.6 Å². The third kappa shape index (κ3) is 5.42. The fraction of sp³-hybridized carbons (Fsp3) is 0.455. The largest absolute Gasteiger partial charge is 0.476 e. The summed E-state index contributed by atoms with van der Waals surface area (Å²) in [4.78, 5) is 23.5. The van der Waals surface area contributed by atoms with E-state index >= 15 is 8.78 Å². The van der Waals surface area contributed by atoms with E-state index in [0.717, 1.165) is 49.9 Å². The summed E-state index contributed by atoms with van der Waals surface area (Å²) in [5.41, 5.74) is 4.16. The summed E-state index contributed by atoms with van der Waals surface area (Å²) in [7, 11) is 4.19. The highest BCUT2D eigenvalue weighted by molar-refractivity contribution is 6.01. The van der Waals surface area contributed by atoms with E-state index in [1.54, 1.807) is 11.8 Å². The van der Waals surface area contributed by atoms with Crippen molar-refractivity contribution in [1.82, 2.24) is 9.88 Å². The molecule has 1 atom stereocenters. The molecule has 1 unspecified atom stereocenters. The second kappa shape index (κ2) is 11.2. The van der Waals surface area contributed by atoms with Gasteiger partial charge in [0.1, 0.15) is 11.6 Å². The number of rotatable bonds is 7. The zero-order chi connectivity index (χ0) is 29.7. The number of aromatic nitrogens is 1. The van der Waals surface area contributed by atoms with Crippen LogP contribution in [-0.4, -0.2) is 61.2 Å². The van der Waals surface area contributed by atoms with Gasteiger partial charge in [0.15, 0.2) is 17.7 Å². The number of benzene rings is 2. The smallest absolute Gasteiger partial charge is 0.268 e. The fourth-order valence-electron chi connectivity index (χ4n) is 6.22. The van der Waals surface area contributed by atoms with Crippen LogP contribution < -0.4 is 19.9 Å². The first-order valence-electron chi connectivity index (χ1n) is 14.9. The van der Waals surface area contributed by atoms with E-state index in [2.05, 4.69) is 34.2 Å². The molecule has 1 N–H and O–H groups in total. The monoisotopic (exact) mass is 575 g/mol. The summed E-state index contributed by atoms with van der Waals surface area (Å²) < 4.78 is 36.5. The Morgan fingerprint density at radius 1 is 1.00 bits per heavy atom. The van der Waals surface area contributed by atoms with Gasteiger partial charge in [-0.05, 0) is 120 Å². The van der Waals surface area contributed by atoms with Gasteiger partial charge in [0.2, 0.25) is 0 Å². The van der Waals surface area contributed by atoms with Gasteiger partial charge < -0.3 is 24.8 Å². The van der Waals surface area contributed by atoms with Gasteiger partial charge in [0.05, 0.1) is 11.4 Å². The number of hydrogen-bond donors (Lipinski definition) is 1. The van der Waals surface area contributed by atoms with E-state index in [4.69, 9.17) is 4.74 Å². The summed E-state index contributed by atoms with van der Waals surface area (Å²) in [6.45, 7) is 7.10. The number of piperidine rings is 1. The lowest BCUT2D eigenvalue weighted by Crippen LogP contribution is -2.48. The average molecular weight is 576 g/mol. The highest BCUT2D eigenvalue weighted by Crippen LogP contribution is 2.47. The van der Waals surface area contributed by atoms with E-state index in [1.165, 1.54) is 12.1 Å². The number of amides is 1. The first-order chi connectivity index (χ1) is 20.1. The van der Waals surface area contributed by atoms with E-state index in [9.17, 15) is 4.79 Å². The third-order valence-corrected chi connectivity index (χ3v) is 8.70. The van der Waals surface area contributed by atoms with Crippen LogP contribution in [0.4, 0.5) is 31.7 Å². The molecule has 1 saturated heterocycles. The molecule has 42 heavy (non-hydrogen) atoms. The molecule has 9 heteroatoms. The lowest BCUT2D eigenvalue weighted by atomic mass is 9.96. The zero-order valence-electron chi connectivity index (χ0n) is 25.0. The standard InChI is InChI=1S/C33H39F2N5O2/c1-19(2)40-30-15-22(14-28(35)32(30)42-20(3)33(40)41)25-17-31(36-18-26(25)21-6-7-21)37-23-8-9-29(27(34)16-23)39-12-10-24(11-13-39)38(4)5/h8-9,14-21,24H,6-7,10-13H2,1-5H3,(H,36,37). The van der Waals surface area contributed by atoms with Gasteiger partial charge in [-0.3, -0.25) is 4.79 Å². The molecule has 2 aromatic carbocycles. The van der Waals surface area contributed by atoms with Crippen molar-refractivity contribution >= 4 is 28.8 Å². The quantitative estimate of drug-likeness (QED) is 0.338. The van der Waals surface area contributed by atoms with Gasteiger partial charge in [-0.2, -0.15) is 0 Å². The molecule has 1 amide bonds. The summed E-state index contributed by atoms with van der Waals surface area (Å²) in [6, 6.07) is 10.8. The molecule has 0 spiro atoms. The topological polar surface area (TPSA) is 60.9 Å². The van der Waals surface area contributed by atoms with Crippen molar-refractivity contribution < 1.29 is 18.3 Å². The van der Waals surface area contributed by atoms with Gasteiger partial charge in [0, 0.05) is 37.1 Å². The zero-order valence-corrected chi connectivity index (χ0v) is 25.0. The van der Waals surface area contributed by atoms with Crippen LogP contribution in [0, 0.1) is 11.6 Å². The molecule has 2 fully saturated rings. The molecule has 0 bridgehead atoms. The highest BCUT2D eigenvalue weighted by Gasteiger charge is 2.36. The van der Waals surface area contributed by atoms with Crippen LogP contribution in [0.2, 0.25) is 0 Å². The van der Waals surface area contributed by atoms with Gasteiger partial charge in [-0.1, -0.05) is 0 Å². The Labute approximate surface area is 246 Å². The van der Waals surface area contributed by atoms with Crippen molar-refractivity contribution in [3.8, 4) is 16.9 Å². The summed E-state index contributed by atoms with van der Waals surface area (Å²) in [5, 5.41) is 3.25. The molecular formula is C33H39F2N5O2. The van der Waals surface area contributed by atoms with Crippen LogP contribution in [-0.2, 0) is 4.79 Å². The Morgan fingerprint density at radius 3 is 2.38 bits per heavy atom. The summed E-state index contributed by atoms with van der Waals surface area (Å²) in [5.74, 6) is 0.0131. The molecule has 1 aromatic heterocycles. The van der Waals surface area contributed by atoms with Crippen molar-refractivity contribution in [2.45, 2.75) is 70.6 Å². The number of ether oxygens (including phenoxy) is 1. The first kappa shape index (κ1) is 28.4. The Morgan fingerprint density at radius 2 is 1.74 bits per heavy atom. The molecule has 6 rings (SSSR count). The van der Waals surface area contributed by atoms with E-state index in [-0.39, 0.29) is 23.5 Å². The second-order valence-corrected chi connectivity index (χ2v) is 12.3. The van der Waals surface area contributed by atoms with Gasteiger partial charge in [0.25, 0.3) is 5.91 Å². The van der Waals surface area contributed by atoms with E-state index in [0.29, 0.717) is 40.4 Å². The number of carbonyl (C=O) groups is 1. The minimum absolute atomic E-state index is 0.0985. The molecule has 3 aromatic rings. The van der Waals surface area contributed by atoms with Crippen molar-refractivity contribution in [3.05, 3.63) is 59.8 Å². The normalized spacial score (nSPS) is 19.4. The first-order valence-corrected chi connectivity index (χ1v) is 14.9. The number of fused-ring (bicyclic) bond motifs is 1. The summed E-state index contributed by atoms with van der Waals surface area (Å²) >= 11 is 0. The Bertz CT molecular complexity index is 1500. The number of anilines is 4. The number of halogens is 2. The maximum Gasteiger partial charge on any atom is 0.268 e. The Balaban J connectivity index is 1.29. The Hall–Kier alpha value is -3.72. The minimum atomic E-state index is -0.754. The molecule has 3 heterocycles. The maximum absolute atomic E-state index is 15.5. The molecule has 0 radical (unpaired) electrons. The van der Waals surface area contributed by atoms with Crippen LogP contribution in [0.3, 0.4) is 0 Å². The number of nitrogens with one attached hydrogen (secondary N) is 1. The number of hydrogen-bond acceptors (Lipinski definition) is 6. The maximum atomic E-state index is 15.5. The van der Waals surface area contributed by atoms with Crippen molar-refractivity contribution in [1.29, 1.82) is 0 Å². The van der Waals surface area contributed by atoms with E-state index in [1.807, 2.05) is 44.3 Å². The van der Waals surface area contributed by atoms with Gasteiger partial charge in [-0.15, -0.1) is 0 Å². The lowest BCUT2D eigenvalue weighted by Gasteiger charge is -2.36. The number of nitrogens with zero attached hydrogens (tertiary/aromatic N) is 4. The second-order valence-electron chi connectivity index (χ2n) is 12.3. The van der Waals surface area contributed by atoms with Crippen LogP contribution in [0.1, 0.15) is 57.9 Å². The third-order valence-electron chi connectivity index (χ3n) is 8.70. The number of pyridine rings is 1.